The van der Waals surface area contributed by atoms with E-state index in [1.807, 2.05) is 21.1 Å². The van der Waals surface area contributed by atoms with E-state index in [-0.39, 0.29) is 6.17 Å². The van der Waals surface area contributed by atoms with Crippen molar-refractivity contribution >= 4 is 23.5 Å². The molecule has 4 heteroatoms. The third-order valence-electron chi connectivity index (χ3n) is 4.15. The monoisotopic (exact) mass is 324 g/mol. The van der Waals surface area contributed by atoms with E-state index in [4.69, 9.17) is 0 Å². The number of nitrogens with one attached hydrogen (secondary N) is 3. The molecule has 3 N–H and O–H groups in total. The van der Waals surface area contributed by atoms with E-state index in [0.717, 1.165) is 5.69 Å². The highest BCUT2D eigenvalue weighted by Crippen LogP contribution is 2.26. The molecule has 0 saturated carbocycles. The van der Waals surface area contributed by atoms with Crippen molar-refractivity contribution in [2.24, 2.45) is 0 Å². The molecule has 2 aromatic carbocycles. The zero-order valence-electron chi connectivity index (χ0n) is 15.2. The number of rotatable bonds is 7. The van der Waals surface area contributed by atoms with Crippen molar-refractivity contribution < 1.29 is 0 Å². The maximum atomic E-state index is 3.30. The Balaban J connectivity index is 2.36. The number of anilines is 2. The quantitative estimate of drug-likeness (QED) is 0.539. The predicted octanol–water partition coefficient (Wildman–Crippen LogP) is 3.40. The van der Waals surface area contributed by atoms with Crippen molar-refractivity contribution in [3.05, 3.63) is 59.2 Å². The maximum absolute atomic E-state index is 3.30. The van der Waals surface area contributed by atoms with Gasteiger partial charge < -0.3 is 20.9 Å². The van der Waals surface area contributed by atoms with Crippen LogP contribution in [0.15, 0.2) is 42.5 Å². The molecule has 0 atom stereocenters. The Bertz CT molecular complexity index is 671. The molecule has 2 rings (SSSR count). The molecule has 0 bridgehead atoms. The van der Waals surface area contributed by atoms with Crippen LogP contribution >= 0.6 is 0 Å². The van der Waals surface area contributed by atoms with E-state index in [0.29, 0.717) is 0 Å². The van der Waals surface area contributed by atoms with Gasteiger partial charge in [-0.1, -0.05) is 36.4 Å². The topological polar surface area (TPSA) is 39.3 Å². The third kappa shape index (κ3) is 4.16. The van der Waals surface area contributed by atoms with Crippen LogP contribution in [-0.4, -0.2) is 35.2 Å². The van der Waals surface area contributed by atoms with Crippen LogP contribution in [0.4, 0.5) is 11.4 Å². The average Bonchev–Trinajstić information content (AvgIpc) is 2.61. The van der Waals surface area contributed by atoms with Gasteiger partial charge in [0.2, 0.25) is 0 Å². The number of benzene rings is 2. The van der Waals surface area contributed by atoms with E-state index in [2.05, 4.69) is 89.6 Å². The average molecular weight is 324 g/mol. The van der Waals surface area contributed by atoms with Crippen LogP contribution in [0.3, 0.4) is 0 Å². The molecule has 0 fully saturated rings. The van der Waals surface area contributed by atoms with Crippen LogP contribution in [0.5, 0.6) is 0 Å². The smallest absolute Gasteiger partial charge is 0.0837 e. The molecule has 0 aliphatic rings. The van der Waals surface area contributed by atoms with Crippen molar-refractivity contribution in [3.63, 3.8) is 0 Å². The minimum atomic E-state index is 0.106. The lowest BCUT2D eigenvalue weighted by Crippen LogP contribution is -2.29. The molecule has 0 saturated heterocycles. The van der Waals surface area contributed by atoms with Crippen molar-refractivity contribution in [1.82, 2.24) is 10.6 Å². The van der Waals surface area contributed by atoms with Crippen molar-refractivity contribution in [2.45, 2.75) is 6.17 Å². The summed E-state index contributed by atoms with van der Waals surface area (Å²) in [5.41, 5.74) is 5.90. The molecule has 0 unspecified atom stereocenters. The molecule has 128 valence electrons. The van der Waals surface area contributed by atoms with Gasteiger partial charge in [-0.2, -0.15) is 0 Å². The van der Waals surface area contributed by atoms with Crippen molar-refractivity contribution in [3.8, 4) is 0 Å². The molecule has 0 aromatic heterocycles. The number of nitrogens with zero attached hydrogens (tertiary/aromatic N) is 1. The lowest BCUT2D eigenvalue weighted by atomic mass is 10.0. The molecule has 4 nitrogen and oxygen atoms in total. The Labute approximate surface area is 145 Å². The first-order valence-electron chi connectivity index (χ1n) is 8.21. The first-order chi connectivity index (χ1) is 11.6. The van der Waals surface area contributed by atoms with E-state index in [1.54, 1.807) is 0 Å². The third-order valence-corrected chi connectivity index (χ3v) is 4.15. The zero-order chi connectivity index (χ0) is 17.5. The second-order valence-electron chi connectivity index (χ2n) is 5.89. The Morgan fingerprint density at radius 3 is 2.08 bits per heavy atom. The minimum absolute atomic E-state index is 0.106. The Hall–Kier alpha value is -2.30. The number of hydrogen-bond acceptors (Lipinski definition) is 4. The number of hydrogen-bond donors (Lipinski definition) is 3. The Morgan fingerprint density at radius 2 is 1.54 bits per heavy atom. The summed E-state index contributed by atoms with van der Waals surface area (Å²) >= 11 is 0. The van der Waals surface area contributed by atoms with Crippen LogP contribution in [0.1, 0.15) is 22.9 Å². The van der Waals surface area contributed by atoms with Crippen LogP contribution in [0.25, 0.3) is 12.2 Å². The maximum Gasteiger partial charge on any atom is 0.0837 e. The first-order valence-corrected chi connectivity index (χ1v) is 8.21. The molecule has 2 aromatic rings. The summed E-state index contributed by atoms with van der Waals surface area (Å²) in [6, 6.07) is 14.9. The second-order valence-corrected chi connectivity index (χ2v) is 5.89. The van der Waals surface area contributed by atoms with Gasteiger partial charge in [-0.15, -0.1) is 0 Å². The van der Waals surface area contributed by atoms with E-state index in [1.165, 1.54) is 22.4 Å². The summed E-state index contributed by atoms with van der Waals surface area (Å²) in [7, 11) is 9.98. The lowest BCUT2D eigenvalue weighted by Gasteiger charge is -2.20. The molecule has 0 spiro atoms. The summed E-state index contributed by atoms with van der Waals surface area (Å²) in [5.74, 6) is 0. The molecule has 0 amide bonds. The fraction of sp³-hybridized carbons (Fsp3) is 0.300. The summed E-state index contributed by atoms with van der Waals surface area (Å²) in [4.78, 5) is 2.10. The summed E-state index contributed by atoms with van der Waals surface area (Å²) in [6.45, 7) is 0. The normalized spacial score (nSPS) is 11.2. The zero-order valence-corrected chi connectivity index (χ0v) is 15.2. The van der Waals surface area contributed by atoms with Crippen LogP contribution in [-0.2, 0) is 0 Å². The standard InChI is InChI=1S/C20H28N4/c1-21-19-8-6-7-18(20(22-2)23-3)17(19)14-11-15-9-12-16(13-10-15)24(4)5/h6-14,20-23H,1-5H3/b14-11+. The van der Waals surface area contributed by atoms with Crippen molar-refractivity contribution in [1.29, 1.82) is 0 Å². The second kappa shape index (κ2) is 8.52. The van der Waals surface area contributed by atoms with E-state index >= 15 is 0 Å². The Morgan fingerprint density at radius 1 is 0.875 bits per heavy atom. The summed E-state index contributed by atoms with van der Waals surface area (Å²) in [5, 5.41) is 9.88. The fourth-order valence-electron chi connectivity index (χ4n) is 2.76. The molecule has 0 heterocycles. The van der Waals surface area contributed by atoms with E-state index < -0.39 is 0 Å². The Kier molecular flexibility index (Phi) is 6.41. The summed E-state index contributed by atoms with van der Waals surface area (Å²) in [6.07, 6.45) is 4.43. The van der Waals surface area contributed by atoms with Gasteiger partial charge in [0.15, 0.2) is 0 Å². The van der Waals surface area contributed by atoms with E-state index in [9.17, 15) is 0 Å². The first kappa shape index (κ1) is 18.0. The molecule has 24 heavy (non-hydrogen) atoms. The molecule has 0 aliphatic carbocycles. The largest absolute Gasteiger partial charge is 0.388 e. The highest BCUT2D eigenvalue weighted by molar-refractivity contribution is 5.79. The van der Waals surface area contributed by atoms with Gasteiger partial charge in [-0.3, -0.25) is 0 Å². The molecular weight excluding hydrogens is 296 g/mol. The van der Waals surface area contributed by atoms with Gasteiger partial charge in [0.05, 0.1) is 6.17 Å². The fourth-order valence-corrected chi connectivity index (χ4v) is 2.76. The van der Waals surface area contributed by atoms with Gasteiger partial charge in [0.1, 0.15) is 0 Å². The van der Waals surface area contributed by atoms with Gasteiger partial charge in [-0.25, -0.2) is 0 Å². The van der Waals surface area contributed by atoms with Crippen LogP contribution in [0, 0.1) is 0 Å². The molecular formula is C20H28N4. The predicted molar refractivity (Wildman–Crippen MR) is 107 cm³/mol. The highest BCUT2D eigenvalue weighted by Gasteiger charge is 2.12. The molecule has 0 radical (unpaired) electrons. The van der Waals surface area contributed by atoms with Crippen LogP contribution < -0.4 is 20.9 Å². The van der Waals surface area contributed by atoms with Gasteiger partial charge in [-0.05, 0) is 43.4 Å². The molecule has 0 aliphatic heterocycles. The van der Waals surface area contributed by atoms with Gasteiger partial charge in [0.25, 0.3) is 0 Å². The minimum Gasteiger partial charge on any atom is -0.388 e. The van der Waals surface area contributed by atoms with Crippen LogP contribution in [0.2, 0.25) is 0 Å². The SMILES string of the molecule is CNc1cccc(C(NC)NC)c1/C=C/c1ccc(N(C)C)cc1. The van der Waals surface area contributed by atoms with Gasteiger partial charge >= 0.3 is 0 Å². The lowest BCUT2D eigenvalue weighted by molar-refractivity contribution is 0.519. The highest BCUT2D eigenvalue weighted by atomic mass is 15.1. The van der Waals surface area contributed by atoms with Crippen molar-refractivity contribution in [2.75, 3.05) is 45.5 Å². The summed E-state index contributed by atoms with van der Waals surface area (Å²) < 4.78 is 0. The van der Waals surface area contributed by atoms with Gasteiger partial charge in [0, 0.05) is 38.1 Å².